The van der Waals surface area contributed by atoms with Gasteiger partial charge < -0.3 is 0 Å². The second-order valence-electron chi connectivity index (χ2n) is 2.00. The topological polar surface area (TPSA) is 0 Å². The van der Waals surface area contributed by atoms with Gasteiger partial charge in [-0.1, -0.05) is 0 Å². The summed E-state index contributed by atoms with van der Waals surface area (Å²) in [4.78, 5) is 0. The standard InChI is InChI=1S/2C5H5.2FH.Zr/c2*1-2-4-5-3-1;;;/h2*1-5H;2*1H;/q2*-1;;;+4/p-2. The Morgan fingerprint density at radius 2 is 0.923 bits per heavy atom. The van der Waals surface area contributed by atoms with Gasteiger partial charge in [-0.05, 0) is 0 Å². The van der Waals surface area contributed by atoms with Gasteiger partial charge in [0.2, 0.25) is 0 Å². The van der Waals surface area contributed by atoms with Crippen LogP contribution < -0.4 is 0 Å². The van der Waals surface area contributed by atoms with E-state index in [0.717, 1.165) is 0 Å². The summed E-state index contributed by atoms with van der Waals surface area (Å²) in [5, 5.41) is 0. The molecule has 0 heterocycles. The van der Waals surface area contributed by atoms with E-state index in [4.69, 9.17) is 0 Å². The molecule has 0 aliphatic rings. The van der Waals surface area contributed by atoms with Gasteiger partial charge in [-0.2, -0.15) is 36.4 Å². The van der Waals surface area contributed by atoms with Crippen LogP contribution in [0.3, 0.4) is 0 Å². The fourth-order valence-electron chi connectivity index (χ4n) is 0.642. The summed E-state index contributed by atoms with van der Waals surface area (Å²) in [6, 6.07) is 20.0. The van der Waals surface area contributed by atoms with Gasteiger partial charge >= 0.3 is 29.7 Å². The first-order valence-electron chi connectivity index (χ1n) is 3.71. The first-order chi connectivity index (χ1) is 6.41. The monoisotopic (exact) mass is 258 g/mol. The van der Waals surface area contributed by atoms with E-state index in [1.165, 1.54) is 0 Å². The van der Waals surface area contributed by atoms with E-state index in [1.807, 2.05) is 60.7 Å². The van der Waals surface area contributed by atoms with Gasteiger partial charge in [-0.3, -0.25) is 0 Å². The Balaban J connectivity index is 0.000000174. The third-order valence-electron chi connectivity index (χ3n) is 1.11. The minimum atomic E-state index is -2.77. The summed E-state index contributed by atoms with van der Waals surface area (Å²) in [6.07, 6.45) is 0. The minimum absolute atomic E-state index is 2.00. The molecule has 0 saturated heterocycles. The third kappa shape index (κ3) is 11.4. The van der Waals surface area contributed by atoms with Crippen LogP contribution >= 0.6 is 0 Å². The molecular weight excluding hydrogens is 249 g/mol. The molecule has 0 saturated carbocycles. The van der Waals surface area contributed by atoms with Gasteiger partial charge in [-0.25, -0.2) is 24.3 Å². The predicted octanol–water partition coefficient (Wildman–Crippen LogP) is 3.65. The number of halogens is 2. The van der Waals surface area contributed by atoms with Gasteiger partial charge in [0.1, 0.15) is 0 Å². The molecule has 0 amide bonds. The summed E-state index contributed by atoms with van der Waals surface area (Å²) in [6.45, 7) is 0. The van der Waals surface area contributed by atoms with Gasteiger partial charge in [0.25, 0.3) is 0 Å². The molecule has 13 heavy (non-hydrogen) atoms. The summed E-state index contributed by atoms with van der Waals surface area (Å²) in [5.74, 6) is 0. The van der Waals surface area contributed by atoms with Crippen molar-refractivity contribution in [3.05, 3.63) is 60.7 Å². The maximum absolute atomic E-state index is 9.80. The number of hydrogen-bond acceptors (Lipinski definition) is 0. The van der Waals surface area contributed by atoms with Crippen molar-refractivity contribution in [1.82, 2.24) is 0 Å². The maximum atomic E-state index is 9.80. The van der Waals surface area contributed by atoms with Gasteiger partial charge in [0.05, 0.1) is 0 Å². The Labute approximate surface area is 90.3 Å². The smallest absolute Gasteiger partial charge is 0.172 e. The van der Waals surface area contributed by atoms with Crippen LogP contribution in [0.1, 0.15) is 0 Å². The molecule has 0 radical (unpaired) electrons. The van der Waals surface area contributed by atoms with Gasteiger partial charge in [0, 0.05) is 0 Å². The Kier molecular flexibility index (Phi) is 11.0. The van der Waals surface area contributed by atoms with Crippen molar-refractivity contribution in [1.29, 1.82) is 0 Å². The molecule has 2 aromatic rings. The zero-order chi connectivity index (χ0) is 9.78. The Hall–Kier alpha value is -0.557. The van der Waals surface area contributed by atoms with Crippen LogP contribution in [-0.4, -0.2) is 0 Å². The molecule has 0 aliphatic heterocycles. The Morgan fingerprint density at radius 1 is 0.692 bits per heavy atom. The van der Waals surface area contributed by atoms with Crippen LogP contribution in [0.5, 0.6) is 0 Å². The SMILES string of the molecule is [F][Zr+2][F].c1cc[cH-]c1.c1cc[cH-]c1. The quantitative estimate of drug-likeness (QED) is 0.634. The van der Waals surface area contributed by atoms with Crippen LogP contribution in [-0.2, 0) is 24.5 Å². The van der Waals surface area contributed by atoms with E-state index in [0.29, 0.717) is 0 Å². The summed E-state index contributed by atoms with van der Waals surface area (Å²) in [7, 11) is 0. The van der Waals surface area contributed by atoms with Gasteiger partial charge in [-0.15, -0.1) is 0 Å². The predicted molar refractivity (Wildman–Crippen MR) is 46.3 cm³/mol. The molecule has 0 spiro atoms. The fraction of sp³-hybridized carbons (Fsp3) is 0. The van der Waals surface area contributed by atoms with Crippen LogP contribution in [0.2, 0.25) is 0 Å². The van der Waals surface area contributed by atoms with Crippen molar-refractivity contribution >= 4 is 0 Å². The molecule has 3 heteroatoms. The van der Waals surface area contributed by atoms with E-state index >= 15 is 0 Å². The zero-order valence-electron chi connectivity index (χ0n) is 7.03. The first-order valence-corrected chi connectivity index (χ1v) is 5.57. The molecule has 0 bridgehead atoms. The van der Waals surface area contributed by atoms with E-state index in [9.17, 15) is 5.25 Å². The van der Waals surface area contributed by atoms with Crippen LogP contribution in [0.4, 0.5) is 5.25 Å². The first kappa shape index (κ1) is 12.4. The summed E-state index contributed by atoms with van der Waals surface area (Å²) in [5.41, 5.74) is 0. The summed E-state index contributed by atoms with van der Waals surface area (Å²) >= 11 is -2.77. The fourth-order valence-corrected chi connectivity index (χ4v) is 0.642. The molecule has 68 valence electrons. The molecule has 2 aromatic carbocycles. The van der Waals surface area contributed by atoms with Crippen molar-refractivity contribution in [3.63, 3.8) is 0 Å². The molecule has 0 unspecified atom stereocenters. The molecule has 0 fully saturated rings. The molecule has 0 atom stereocenters. The molecular formula is C10H10F2Zr. The Morgan fingerprint density at radius 3 is 1.00 bits per heavy atom. The third-order valence-corrected chi connectivity index (χ3v) is 1.11. The largest absolute Gasteiger partial charge is 0.214 e. The van der Waals surface area contributed by atoms with E-state index in [1.54, 1.807) is 0 Å². The molecule has 0 nitrogen and oxygen atoms in total. The van der Waals surface area contributed by atoms with Crippen molar-refractivity contribution in [2.24, 2.45) is 0 Å². The normalized spacial score (nSPS) is 6.92. The van der Waals surface area contributed by atoms with Gasteiger partial charge in [0.15, 0.2) is 0 Å². The van der Waals surface area contributed by atoms with Crippen molar-refractivity contribution in [2.45, 2.75) is 0 Å². The second kappa shape index (κ2) is 11.4. The van der Waals surface area contributed by atoms with Crippen molar-refractivity contribution < 1.29 is 29.7 Å². The molecule has 2 rings (SSSR count). The maximum Gasteiger partial charge on any atom is -0.172 e. The minimum Gasteiger partial charge on any atom is -0.214 e. The number of rotatable bonds is 0. The molecule has 0 N–H and O–H groups in total. The van der Waals surface area contributed by atoms with E-state index < -0.39 is 24.5 Å². The van der Waals surface area contributed by atoms with Crippen molar-refractivity contribution in [3.8, 4) is 0 Å². The van der Waals surface area contributed by atoms with Crippen LogP contribution in [0.25, 0.3) is 0 Å². The zero-order valence-corrected chi connectivity index (χ0v) is 9.49. The van der Waals surface area contributed by atoms with Crippen LogP contribution in [0.15, 0.2) is 60.7 Å². The second-order valence-corrected chi connectivity index (χ2v) is 2.35. The molecule has 0 aromatic heterocycles. The number of hydrogen-bond donors (Lipinski definition) is 0. The molecule has 0 aliphatic carbocycles. The average molecular weight is 259 g/mol. The average Bonchev–Trinajstić information content (AvgIpc) is 2.85. The van der Waals surface area contributed by atoms with E-state index in [2.05, 4.69) is 0 Å². The van der Waals surface area contributed by atoms with E-state index in [-0.39, 0.29) is 0 Å². The Bertz CT molecular complexity index is 165. The summed E-state index contributed by atoms with van der Waals surface area (Å²) < 4.78 is 19.6. The van der Waals surface area contributed by atoms with Crippen LogP contribution in [0, 0.1) is 0 Å². The van der Waals surface area contributed by atoms with Crippen molar-refractivity contribution in [2.75, 3.05) is 0 Å².